The molecule has 1 aromatic heterocycles. The Kier molecular flexibility index (Phi) is 5.81. The summed E-state index contributed by atoms with van der Waals surface area (Å²) < 4.78 is 26.6. The van der Waals surface area contributed by atoms with E-state index in [-0.39, 0.29) is 10.9 Å². The molecule has 2 aromatic carbocycles. The summed E-state index contributed by atoms with van der Waals surface area (Å²) in [6.45, 7) is 1.84. The molecule has 0 aliphatic rings. The van der Waals surface area contributed by atoms with Gasteiger partial charge in [-0.05, 0) is 48.9 Å². The second-order valence-electron chi connectivity index (χ2n) is 6.33. The molecule has 1 unspecified atom stereocenters. The summed E-state index contributed by atoms with van der Waals surface area (Å²) in [7, 11) is -2.15. The number of hydrogen-bond acceptors (Lipinski definition) is 5. The molecule has 0 saturated carbocycles. The number of hydrogen-bond donors (Lipinski definition) is 0. The van der Waals surface area contributed by atoms with Gasteiger partial charge in [0.1, 0.15) is 18.4 Å². The summed E-state index contributed by atoms with van der Waals surface area (Å²) in [5, 5.41) is 4.50. The fraction of sp³-hybridized carbons (Fsp3) is 0.211. The predicted octanol–water partition coefficient (Wildman–Crippen LogP) is 2.91. The van der Waals surface area contributed by atoms with Crippen LogP contribution in [0.5, 0.6) is 0 Å². The summed E-state index contributed by atoms with van der Waals surface area (Å²) in [6, 6.07) is 13.0. The van der Waals surface area contributed by atoms with Gasteiger partial charge in [-0.2, -0.15) is 5.10 Å². The third-order valence-corrected chi connectivity index (χ3v) is 6.39. The number of carbonyl (C=O) groups excluding carboxylic acids is 1. The van der Waals surface area contributed by atoms with Crippen molar-refractivity contribution < 1.29 is 13.2 Å². The fourth-order valence-corrected chi connectivity index (χ4v) is 4.05. The van der Waals surface area contributed by atoms with E-state index in [1.807, 2.05) is 31.2 Å². The van der Waals surface area contributed by atoms with Crippen molar-refractivity contribution in [2.24, 2.45) is 0 Å². The van der Waals surface area contributed by atoms with Crippen LogP contribution in [0.4, 0.5) is 0 Å². The first-order valence-electron chi connectivity index (χ1n) is 8.47. The van der Waals surface area contributed by atoms with E-state index in [1.165, 1.54) is 35.5 Å². The molecule has 0 radical (unpaired) electrons. The molecule has 0 fully saturated rings. The normalized spacial score (nSPS) is 12.5. The van der Waals surface area contributed by atoms with Gasteiger partial charge in [0.05, 0.1) is 16.6 Å². The molecule has 9 heteroatoms. The van der Waals surface area contributed by atoms with E-state index >= 15 is 0 Å². The Bertz CT molecular complexity index is 1050. The SMILES string of the molecule is CC(c1ccc(-n2cncn2)cc1)N(C)C(=O)CS(=O)(=O)c1ccc(Cl)cc1. The van der Waals surface area contributed by atoms with Crippen molar-refractivity contribution in [1.82, 2.24) is 19.7 Å². The number of nitrogens with zero attached hydrogens (tertiary/aromatic N) is 4. The van der Waals surface area contributed by atoms with Crippen LogP contribution in [-0.4, -0.2) is 46.8 Å². The molecule has 146 valence electrons. The Morgan fingerprint density at radius 2 is 1.79 bits per heavy atom. The van der Waals surface area contributed by atoms with Gasteiger partial charge in [-0.3, -0.25) is 4.79 Å². The Morgan fingerprint density at radius 3 is 2.36 bits per heavy atom. The van der Waals surface area contributed by atoms with E-state index in [1.54, 1.807) is 18.1 Å². The third kappa shape index (κ3) is 4.40. The summed E-state index contributed by atoms with van der Waals surface area (Å²) in [4.78, 5) is 18.0. The molecule has 3 aromatic rings. The number of rotatable bonds is 6. The molecule has 1 amide bonds. The number of benzene rings is 2. The number of aromatic nitrogens is 3. The lowest BCUT2D eigenvalue weighted by molar-refractivity contribution is -0.129. The van der Waals surface area contributed by atoms with Crippen molar-refractivity contribution in [1.29, 1.82) is 0 Å². The van der Waals surface area contributed by atoms with Crippen LogP contribution < -0.4 is 0 Å². The van der Waals surface area contributed by atoms with Crippen LogP contribution in [0.25, 0.3) is 5.69 Å². The van der Waals surface area contributed by atoms with Crippen LogP contribution in [0, 0.1) is 0 Å². The van der Waals surface area contributed by atoms with Gasteiger partial charge in [-0.15, -0.1) is 0 Å². The zero-order chi connectivity index (χ0) is 20.3. The van der Waals surface area contributed by atoms with E-state index in [0.717, 1.165) is 11.3 Å². The molecule has 1 atom stereocenters. The first-order valence-corrected chi connectivity index (χ1v) is 10.5. The molecule has 0 bridgehead atoms. The van der Waals surface area contributed by atoms with Gasteiger partial charge >= 0.3 is 0 Å². The second-order valence-corrected chi connectivity index (χ2v) is 8.75. The standard InChI is InChI=1S/C19H19ClN4O3S/c1-14(15-3-7-17(8-4-15)24-13-21-12-22-24)23(2)19(25)11-28(26,27)18-9-5-16(20)6-10-18/h3-10,12-14H,11H2,1-2H3. The van der Waals surface area contributed by atoms with Crippen LogP contribution >= 0.6 is 11.6 Å². The van der Waals surface area contributed by atoms with Crippen LogP contribution in [0.1, 0.15) is 18.5 Å². The average molecular weight is 419 g/mol. The molecule has 3 rings (SSSR count). The Hall–Kier alpha value is -2.71. The number of sulfone groups is 1. The highest BCUT2D eigenvalue weighted by molar-refractivity contribution is 7.92. The Labute approximate surface area is 168 Å². The van der Waals surface area contributed by atoms with Gasteiger partial charge in [0.15, 0.2) is 9.84 Å². The monoisotopic (exact) mass is 418 g/mol. The maximum absolute atomic E-state index is 12.6. The summed E-state index contributed by atoms with van der Waals surface area (Å²) in [6.07, 6.45) is 3.04. The maximum Gasteiger partial charge on any atom is 0.238 e. The van der Waals surface area contributed by atoms with E-state index in [2.05, 4.69) is 10.1 Å². The second kappa shape index (κ2) is 8.12. The van der Waals surface area contributed by atoms with E-state index < -0.39 is 21.5 Å². The van der Waals surface area contributed by atoms with Crippen molar-refractivity contribution >= 4 is 27.3 Å². The van der Waals surface area contributed by atoms with Gasteiger partial charge in [-0.25, -0.2) is 18.1 Å². The first-order chi connectivity index (χ1) is 13.3. The minimum absolute atomic E-state index is 0.0727. The third-order valence-electron chi connectivity index (χ3n) is 4.52. The average Bonchev–Trinajstić information content (AvgIpc) is 3.21. The summed E-state index contributed by atoms with van der Waals surface area (Å²) in [5.41, 5.74) is 1.72. The van der Waals surface area contributed by atoms with Gasteiger partial charge in [0.2, 0.25) is 5.91 Å². The largest absolute Gasteiger partial charge is 0.338 e. The minimum Gasteiger partial charge on any atom is -0.338 e. The fourth-order valence-electron chi connectivity index (χ4n) is 2.68. The minimum atomic E-state index is -3.74. The quantitative estimate of drug-likeness (QED) is 0.614. The molecule has 0 aliphatic heterocycles. The van der Waals surface area contributed by atoms with Crippen molar-refractivity contribution in [2.45, 2.75) is 17.9 Å². The summed E-state index contributed by atoms with van der Waals surface area (Å²) in [5.74, 6) is -1.09. The zero-order valence-corrected chi connectivity index (χ0v) is 16.9. The Morgan fingerprint density at radius 1 is 1.14 bits per heavy atom. The molecule has 0 aliphatic carbocycles. The van der Waals surface area contributed by atoms with E-state index in [9.17, 15) is 13.2 Å². The van der Waals surface area contributed by atoms with E-state index in [4.69, 9.17) is 11.6 Å². The van der Waals surface area contributed by atoms with Gasteiger partial charge in [0.25, 0.3) is 0 Å². The van der Waals surface area contributed by atoms with Crippen molar-refractivity contribution in [2.75, 3.05) is 12.8 Å². The lowest BCUT2D eigenvalue weighted by Crippen LogP contribution is -2.34. The van der Waals surface area contributed by atoms with Gasteiger partial charge in [0, 0.05) is 12.1 Å². The lowest BCUT2D eigenvalue weighted by atomic mass is 10.1. The number of carbonyl (C=O) groups is 1. The van der Waals surface area contributed by atoms with Crippen LogP contribution in [0.2, 0.25) is 5.02 Å². The predicted molar refractivity (Wildman–Crippen MR) is 106 cm³/mol. The number of halogens is 1. The van der Waals surface area contributed by atoms with Crippen molar-refractivity contribution in [3.05, 3.63) is 71.8 Å². The molecule has 1 heterocycles. The van der Waals surface area contributed by atoms with Crippen LogP contribution in [0.3, 0.4) is 0 Å². The highest BCUT2D eigenvalue weighted by Gasteiger charge is 2.25. The molecular weight excluding hydrogens is 400 g/mol. The molecule has 0 N–H and O–H groups in total. The van der Waals surface area contributed by atoms with Crippen molar-refractivity contribution in [3.63, 3.8) is 0 Å². The maximum atomic E-state index is 12.6. The van der Waals surface area contributed by atoms with Gasteiger partial charge < -0.3 is 4.90 Å². The topological polar surface area (TPSA) is 85.2 Å². The zero-order valence-electron chi connectivity index (χ0n) is 15.4. The smallest absolute Gasteiger partial charge is 0.238 e. The molecule has 7 nitrogen and oxygen atoms in total. The van der Waals surface area contributed by atoms with Crippen molar-refractivity contribution in [3.8, 4) is 5.69 Å². The summed E-state index contributed by atoms with van der Waals surface area (Å²) >= 11 is 5.79. The highest BCUT2D eigenvalue weighted by Crippen LogP contribution is 2.22. The molecular formula is C19H19ClN4O3S. The van der Waals surface area contributed by atoms with Gasteiger partial charge in [-0.1, -0.05) is 23.7 Å². The van der Waals surface area contributed by atoms with Crippen LogP contribution in [-0.2, 0) is 14.6 Å². The number of amides is 1. The highest BCUT2D eigenvalue weighted by atomic mass is 35.5. The van der Waals surface area contributed by atoms with E-state index in [0.29, 0.717) is 5.02 Å². The lowest BCUT2D eigenvalue weighted by Gasteiger charge is -2.25. The molecule has 0 spiro atoms. The molecule has 0 saturated heterocycles. The first kappa shape index (κ1) is 20.0. The van der Waals surface area contributed by atoms with Crippen LogP contribution in [0.15, 0.2) is 66.1 Å². The molecule has 28 heavy (non-hydrogen) atoms. The Balaban J connectivity index is 1.71.